The van der Waals surface area contributed by atoms with Crippen LogP contribution < -0.4 is 19.6 Å². The van der Waals surface area contributed by atoms with Gasteiger partial charge in [-0.25, -0.2) is 0 Å². The Morgan fingerprint density at radius 2 is 1.63 bits per heavy atom. The highest BCUT2D eigenvalue weighted by Crippen LogP contribution is 2.53. The van der Waals surface area contributed by atoms with Gasteiger partial charge in [0.25, 0.3) is 0 Å². The average Bonchev–Trinajstić information content (AvgIpc) is 3.00. The molecule has 41 heavy (non-hydrogen) atoms. The van der Waals surface area contributed by atoms with Crippen LogP contribution in [0.1, 0.15) is 29.0 Å². The van der Waals surface area contributed by atoms with Gasteiger partial charge in [0.05, 0.1) is 25.7 Å². The van der Waals surface area contributed by atoms with Gasteiger partial charge in [-0.2, -0.15) is 0 Å². The maximum atomic E-state index is 13.3. The van der Waals surface area contributed by atoms with Crippen molar-refractivity contribution in [3.63, 3.8) is 0 Å². The summed E-state index contributed by atoms with van der Waals surface area (Å²) in [5.41, 5.74) is 2.15. The average molecular weight is 551 g/mol. The lowest BCUT2D eigenvalue weighted by Crippen LogP contribution is -2.22. The highest BCUT2D eigenvalue weighted by atomic mass is 16.5. The summed E-state index contributed by atoms with van der Waals surface area (Å²) in [6.45, 7) is 0.363. The third-order valence-electron chi connectivity index (χ3n) is 7.21. The van der Waals surface area contributed by atoms with E-state index in [0.717, 1.165) is 11.3 Å². The van der Waals surface area contributed by atoms with Gasteiger partial charge in [0.15, 0.2) is 16.9 Å². The Kier molecular flexibility index (Phi) is 6.81. The summed E-state index contributed by atoms with van der Waals surface area (Å²) in [6, 6.07) is 25.3. The number of benzene rings is 4. The van der Waals surface area contributed by atoms with Crippen LogP contribution >= 0.6 is 0 Å². The number of phenols is 2. The molecule has 6 rings (SSSR count). The molecule has 1 aromatic heterocycles. The number of carbonyl (C=O) groups is 1. The summed E-state index contributed by atoms with van der Waals surface area (Å²) in [7, 11) is 1.62. The lowest BCUT2D eigenvalue weighted by molar-refractivity contribution is -0.135. The van der Waals surface area contributed by atoms with Gasteiger partial charge in [-0.05, 0) is 23.8 Å². The van der Waals surface area contributed by atoms with Crippen molar-refractivity contribution in [2.24, 2.45) is 0 Å². The van der Waals surface area contributed by atoms with Gasteiger partial charge >= 0.3 is 5.97 Å². The molecule has 8 heteroatoms. The van der Waals surface area contributed by atoms with E-state index in [4.69, 9.17) is 18.6 Å². The van der Waals surface area contributed by atoms with Gasteiger partial charge in [-0.15, -0.1) is 0 Å². The summed E-state index contributed by atoms with van der Waals surface area (Å²) in [6.07, 6.45) is 0.541. The van der Waals surface area contributed by atoms with Gasteiger partial charge in [0, 0.05) is 29.5 Å². The molecule has 206 valence electrons. The van der Waals surface area contributed by atoms with Gasteiger partial charge in [-0.3, -0.25) is 9.59 Å². The first-order valence-corrected chi connectivity index (χ1v) is 13.1. The molecule has 5 aromatic rings. The van der Waals surface area contributed by atoms with Crippen molar-refractivity contribution >= 4 is 16.9 Å². The zero-order chi connectivity index (χ0) is 28.5. The number of fused-ring (bicyclic) bond motifs is 3. The molecule has 0 saturated heterocycles. The van der Waals surface area contributed by atoms with Crippen LogP contribution in [0.15, 0.2) is 94.1 Å². The van der Waals surface area contributed by atoms with Crippen molar-refractivity contribution in [3.8, 4) is 40.1 Å². The van der Waals surface area contributed by atoms with Crippen LogP contribution in [-0.4, -0.2) is 29.9 Å². The monoisotopic (exact) mass is 550 g/mol. The van der Waals surface area contributed by atoms with Crippen molar-refractivity contribution in [1.29, 1.82) is 0 Å². The van der Waals surface area contributed by atoms with E-state index in [2.05, 4.69) is 0 Å². The molecule has 1 atom stereocenters. The quantitative estimate of drug-likeness (QED) is 0.145. The van der Waals surface area contributed by atoms with Crippen molar-refractivity contribution in [2.75, 3.05) is 13.7 Å². The number of aromatic hydroxyl groups is 2. The summed E-state index contributed by atoms with van der Waals surface area (Å²) in [5, 5.41) is 21.4. The maximum absolute atomic E-state index is 13.3. The number of esters is 1. The molecule has 2 heterocycles. The molecule has 0 fully saturated rings. The Morgan fingerprint density at radius 1 is 0.902 bits per heavy atom. The number of ether oxygens (including phenoxy) is 3. The second-order valence-electron chi connectivity index (χ2n) is 9.70. The number of methoxy groups -OCH3 is 1. The predicted molar refractivity (Wildman–Crippen MR) is 152 cm³/mol. The standard InChI is InChI=1S/C33H26O8/c1-38-21-13-11-19(12-14-21)15-16-39-25-10-6-5-9-22(25)23-17-27(35)41-33-28(23)32-29(30(36)31(33)37)24(34)18-26(40-32)20-7-3-2-4-8-20/h2-14,18,23,36-37H,15-17H2,1H3. The fraction of sp³-hybridized carbons (Fsp3) is 0.152. The number of hydrogen-bond acceptors (Lipinski definition) is 8. The van der Waals surface area contributed by atoms with Gasteiger partial charge in [0.2, 0.25) is 5.75 Å². The van der Waals surface area contributed by atoms with E-state index in [-0.39, 0.29) is 34.5 Å². The smallest absolute Gasteiger partial charge is 0.312 e. The van der Waals surface area contributed by atoms with Gasteiger partial charge in [0.1, 0.15) is 28.2 Å². The molecule has 1 unspecified atom stereocenters. The van der Waals surface area contributed by atoms with Gasteiger partial charge in [-0.1, -0.05) is 60.7 Å². The highest BCUT2D eigenvalue weighted by Gasteiger charge is 2.37. The van der Waals surface area contributed by atoms with Crippen LogP contribution in [0, 0.1) is 0 Å². The molecule has 0 amide bonds. The van der Waals surface area contributed by atoms with E-state index < -0.39 is 28.8 Å². The van der Waals surface area contributed by atoms with Crippen LogP contribution in [0.3, 0.4) is 0 Å². The van der Waals surface area contributed by atoms with E-state index in [0.29, 0.717) is 29.9 Å². The zero-order valence-corrected chi connectivity index (χ0v) is 22.1. The first-order valence-electron chi connectivity index (χ1n) is 13.1. The molecule has 0 aliphatic carbocycles. The molecule has 4 aromatic carbocycles. The topological polar surface area (TPSA) is 115 Å². The molecular formula is C33H26O8. The SMILES string of the molecule is COc1ccc(CCOc2ccccc2C2CC(=O)Oc3c(O)c(O)c4c(=O)cc(-c5ccccc5)oc4c32)cc1. The summed E-state index contributed by atoms with van der Waals surface area (Å²) < 4.78 is 23.1. The number of carbonyl (C=O) groups excluding carboxylic acids is 1. The summed E-state index contributed by atoms with van der Waals surface area (Å²) >= 11 is 0. The zero-order valence-electron chi connectivity index (χ0n) is 22.1. The number of hydrogen-bond donors (Lipinski definition) is 2. The Balaban J connectivity index is 1.45. The Labute approximate surface area is 235 Å². The largest absolute Gasteiger partial charge is 0.504 e. The first-order chi connectivity index (χ1) is 19.9. The molecule has 1 aliphatic heterocycles. The minimum atomic E-state index is -0.704. The molecule has 0 saturated carbocycles. The molecular weight excluding hydrogens is 524 g/mol. The minimum absolute atomic E-state index is 0.0344. The molecule has 1 aliphatic rings. The summed E-state index contributed by atoms with van der Waals surface area (Å²) in [4.78, 5) is 26.0. The third kappa shape index (κ3) is 4.84. The minimum Gasteiger partial charge on any atom is -0.504 e. The molecule has 0 spiro atoms. The highest BCUT2D eigenvalue weighted by molar-refractivity contribution is 5.96. The second kappa shape index (κ2) is 10.7. The predicted octanol–water partition coefficient (Wildman–Crippen LogP) is 5.94. The van der Waals surface area contributed by atoms with Crippen molar-refractivity contribution in [3.05, 3.63) is 112 Å². The molecule has 0 radical (unpaired) electrons. The van der Waals surface area contributed by atoms with Crippen molar-refractivity contribution in [2.45, 2.75) is 18.8 Å². The lowest BCUT2D eigenvalue weighted by atomic mass is 9.84. The lowest BCUT2D eigenvalue weighted by Gasteiger charge is -2.28. The number of phenolic OH excluding ortho intramolecular Hbond substituents is 2. The van der Waals surface area contributed by atoms with E-state index in [1.165, 1.54) is 6.07 Å². The number of rotatable bonds is 7. The van der Waals surface area contributed by atoms with E-state index in [1.54, 1.807) is 25.3 Å². The van der Waals surface area contributed by atoms with Crippen LogP contribution in [0.5, 0.6) is 28.7 Å². The first kappa shape index (κ1) is 26.0. The Morgan fingerprint density at radius 3 is 2.39 bits per heavy atom. The van der Waals surface area contributed by atoms with Crippen LogP contribution in [0.2, 0.25) is 0 Å². The third-order valence-corrected chi connectivity index (χ3v) is 7.21. The Bertz CT molecular complexity index is 1810. The fourth-order valence-electron chi connectivity index (χ4n) is 5.19. The molecule has 8 nitrogen and oxygen atoms in total. The molecule has 0 bridgehead atoms. The van der Waals surface area contributed by atoms with Crippen molar-refractivity contribution in [1.82, 2.24) is 0 Å². The van der Waals surface area contributed by atoms with Crippen LogP contribution in [0.4, 0.5) is 0 Å². The van der Waals surface area contributed by atoms with Crippen LogP contribution in [-0.2, 0) is 11.2 Å². The van der Waals surface area contributed by atoms with Gasteiger partial charge < -0.3 is 28.8 Å². The van der Waals surface area contributed by atoms with E-state index in [1.807, 2.05) is 60.7 Å². The van der Waals surface area contributed by atoms with E-state index in [9.17, 15) is 19.8 Å². The second-order valence-corrected chi connectivity index (χ2v) is 9.70. The van der Waals surface area contributed by atoms with E-state index >= 15 is 0 Å². The van der Waals surface area contributed by atoms with Crippen molar-refractivity contribution < 1.29 is 33.6 Å². The summed E-state index contributed by atoms with van der Waals surface area (Å²) in [5.74, 6) is -1.35. The fourth-order valence-corrected chi connectivity index (χ4v) is 5.19. The number of para-hydroxylation sites is 1. The normalized spacial score (nSPS) is 14.4. The van der Waals surface area contributed by atoms with Crippen LogP contribution in [0.25, 0.3) is 22.3 Å². The Hall–Kier alpha value is -5.24. The maximum Gasteiger partial charge on any atom is 0.312 e. The molecule has 2 N–H and O–H groups in total.